The van der Waals surface area contributed by atoms with Gasteiger partial charge in [-0.05, 0) is 37.0 Å². The highest BCUT2D eigenvalue weighted by Crippen LogP contribution is 2.32. The summed E-state index contributed by atoms with van der Waals surface area (Å²) in [5.74, 6) is -1.11. The quantitative estimate of drug-likeness (QED) is 0.942. The first-order valence-corrected chi connectivity index (χ1v) is 6.88. The van der Waals surface area contributed by atoms with E-state index in [0.29, 0.717) is 17.2 Å². The van der Waals surface area contributed by atoms with Gasteiger partial charge in [-0.15, -0.1) is 0 Å². The molecule has 0 unspecified atom stereocenters. The van der Waals surface area contributed by atoms with Crippen LogP contribution < -0.4 is 11.2 Å². The van der Waals surface area contributed by atoms with Crippen LogP contribution in [0.4, 0.5) is 4.39 Å². The highest BCUT2D eigenvalue weighted by Gasteiger charge is 2.22. The van der Waals surface area contributed by atoms with E-state index in [4.69, 9.17) is 5.73 Å². The standard InChI is InChI=1S/C16H15FN2O2/c17-11-6-4-10(5-7-11)13-8-19(12-2-1-3-12)9-14(15(13)20)16(18)21/h4-9,12H,1-3H2,(H2,18,21). The van der Waals surface area contributed by atoms with Crippen molar-refractivity contribution in [2.45, 2.75) is 25.3 Å². The zero-order valence-corrected chi connectivity index (χ0v) is 11.4. The summed E-state index contributed by atoms with van der Waals surface area (Å²) >= 11 is 0. The summed E-state index contributed by atoms with van der Waals surface area (Å²) in [6.45, 7) is 0. The summed E-state index contributed by atoms with van der Waals surface area (Å²) in [5.41, 5.74) is 5.82. The van der Waals surface area contributed by atoms with E-state index in [0.717, 1.165) is 19.3 Å². The largest absolute Gasteiger partial charge is 0.365 e. The number of hydrogen-bond acceptors (Lipinski definition) is 2. The lowest BCUT2D eigenvalue weighted by Gasteiger charge is -2.29. The van der Waals surface area contributed by atoms with Crippen molar-refractivity contribution in [3.63, 3.8) is 0 Å². The van der Waals surface area contributed by atoms with Gasteiger partial charge in [0.1, 0.15) is 11.4 Å². The van der Waals surface area contributed by atoms with Crippen molar-refractivity contribution in [2.24, 2.45) is 5.73 Å². The fraction of sp³-hybridized carbons (Fsp3) is 0.250. The van der Waals surface area contributed by atoms with E-state index >= 15 is 0 Å². The Kier molecular flexibility index (Phi) is 3.33. The molecule has 1 saturated carbocycles. The Morgan fingerprint density at radius 3 is 2.38 bits per heavy atom. The second-order valence-corrected chi connectivity index (χ2v) is 5.32. The maximum atomic E-state index is 13.0. The van der Waals surface area contributed by atoms with Crippen molar-refractivity contribution in [3.05, 3.63) is 58.3 Å². The molecule has 1 amide bonds. The van der Waals surface area contributed by atoms with Gasteiger partial charge in [-0.3, -0.25) is 9.59 Å². The summed E-state index contributed by atoms with van der Waals surface area (Å²) in [6, 6.07) is 5.94. The predicted octanol–water partition coefficient (Wildman–Crippen LogP) is 2.48. The molecule has 1 fully saturated rings. The Hall–Kier alpha value is -2.43. The highest BCUT2D eigenvalue weighted by atomic mass is 19.1. The molecule has 0 atom stereocenters. The van der Waals surface area contributed by atoms with E-state index in [2.05, 4.69) is 0 Å². The molecular formula is C16H15FN2O2. The number of pyridine rings is 1. The number of halogens is 1. The fourth-order valence-electron chi connectivity index (χ4n) is 2.50. The summed E-state index contributed by atoms with van der Waals surface area (Å²) < 4.78 is 14.9. The number of amides is 1. The van der Waals surface area contributed by atoms with E-state index in [9.17, 15) is 14.0 Å². The van der Waals surface area contributed by atoms with E-state index in [-0.39, 0.29) is 11.4 Å². The van der Waals surface area contributed by atoms with Crippen LogP contribution >= 0.6 is 0 Å². The molecule has 21 heavy (non-hydrogen) atoms. The van der Waals surface area contributed by atoms with Crippen LogP contribution in [0.15, 0.2) is 41.5 Å². The SMILES string of the molecule is NC(=O)c1cn(C2CCC2)cc(-c2ccc(F)cc2)c1=O. The smallest absolute Gasteiger partial charge is 0.254 e. The van der Waals surface area contributed by atoms with Gasteiger partial charge in [-0.1, -0.05) is 12.1 Å². The van der Waals surface area contributed by atoms with Gasteiger partial charge in [0.15, 0.2) is 0 Å². The Labute approximate surface area is 121 Å². The molecular weight excluding hydrogens is 271 g/mol. The van der Waals surface area contributed by atoms with Crippen molar-refractivity contribution in [3.8, 4) is 11.1 Å². The first-order chi connectivity index (χ1) is 10.1. The summed E-state index contributed by atoms with van der Waals surface area (Å²) in [7, 11) is 0. The molecule has 1 aromatic heterocycles. The van der Waals surface area contributed by atoms with Gasteiger partial charge in [0.25, 0.3) is 5.91 Å². The Balaban J connectivity index is 2.17. The molecule has 2 aromatic rings. The average molecular weight is 286 g/mol. The molecule has 0 radical (unpaired) electrons. The van der Waals surface area contributed by atoms with Crippen LogP contribution in [0.5, 0.6) is 0 Å². The number of nitrogens with two attached hydrogens (primary N) is 1. The second-order valence-electron chi connectivity index (χ2n) is 5.32. The number of benzene rings is 1. The average Bonchev–Trinajstić information content (AvgIpc) is 2.39. The summed E-state index contributed by atoms with van der Waals surface area (Å²) in [6.07, 6.45) is 6.43. The van der Waals surface area contributed by atoms with Crippen molar-refractivity contribution in [2.75, 3.05) is 0 Å². The number of aromatic nitrogens is 1. The molecule has 1 aliphatic rings. The normalized spacial score (nSPS) is 14.7. The van der Waals surface area contributed by atoms with Crippen LogP contribution in [0.25, 0.3) is 11.1 Å². The molecule has 3 rings (SSSR count). The molecule has 0 saturated heterocycles. The molecule has 1 heterocycles. The minimum atomic E-state index is -0.739. The van der Waals surface area contributed by atoms with Crippen LogP contribution in [-0.4, -0.2) is 10.5 Å². The summed E-state index contributed by atoms with van der Waals surface area (Å²) in [4.78, 5) is 23.9. The molecule has 0 spiro atoms. The van der Waals surface area contributed by atoms with E-state index in [1.807, 2.05) is 4.57 Å². The zero-order chi connectivity index (χ0) is 15.0. The number of carbonyl (C=O) groups excluding carboxylic acids is 1. The Morgan fingerprint density at radius 2 is 1.86 bits per heavy atom. The maximum absolute atomic E-state index is 13.0. The lowest BCUT2D eigenvalue weighted by Crippen LogP contribution is -2.27. The Morgan fingerprint density at radius 1 is 1.19 bits per heavy atom. The summed E-state index contributed by atoms with van der Waals surface area (Å²) in [5, 5.41) is 0. The van der Waals surface area contributed by atoms with Gasteiger partial charge in [-0.25, -0.2) is 4.39 Å². The topological polar surface area (TPSA) is 65.1 Å². The first-order valence-electron chi connectivity index (χ1n) is 6.88. The molecule has 0 aliphatic heterocycles. The third-order valence-corrected chi connectivity index (χ3v) is 3.96. The fourth-order valence-corrected chi connectivity index (χ4v) is 2.50. The van der Waals surface area contributed by atoms with Gasteiger partial charge >= 0.3 is 0 Å². The maximum Gasteiger partial charge on any atom is 0.254 e. The molecule has 1 aliphatic carbocycles. The van der Waals surface area contributed by atoms with E-state index in [1.54, 1.807) is 6.20 Å². The highest BCUT2D eigenvalue weighted by molar-refractivity contribution is 5.93. The predicted molar refractivity (Wildman–Crippen MR) is 77.5 cm³/mol. The van der Waals surface area contributed by atoms with Crippen LogP contribution in [0.3, 0.4) is 0 Å². The van der Waals surface area contributed by atoms with Crippen molar-refractivity contribution in [1.82, 2.24) is 4.57 Å². The van der Waals surface area contributed by atoms with E-state index < -0.39 is 11.3 Å². The van der Waals surface area contributed by atoms with Crippen molar-refractivity contribution in [1.29, 1.82) is 0 Å². The molecule has 0 bridgehead atoms. The van der Waals surface area contributed by atoms with Crippen molar-refractivity contribution >= 4 is 5.91 Å². The lowest BCUT2D eigenvalue weighted by molar-refractivity contribution is 0.0998. The van der Waals surface area contributed by atoms with Gasteiger partial charge in [0.05, 0.1) is 0 Å². The molecule has 2 N–H and O–H groups in total. The van der Waals surface area contributed by atoms with Crippen molar-refractivity contribution < 1.29 is 9.18 Å². The van der Waals surface area contributed by atoms with Gasteiger partial charge in [0.2, 0.25) is 5.43 Å². The lowest BCUT2D eigenvalue weighted by atomic mass is 9.92. The monoisotopic (exact) mass is 286 g/mol. The third kappa shape index (κ3) is 2.46. The minimum absolute atomic E-state index is 0.0243. The third-order valence-electron chi connectivity index (χ3n) is 3.96. The number of primary amides is 1. The van der Waals surface area contributed by atoms with Gasteiger partial charge in [-0.2, -0.15) is 0 Å². The first kappa shape index (κ1) is 13.5. The minimum Gasteiger partial charge on any atom is -0.365 e. The van der Waals surface area contributed by atoms with E-state index in [1.165, 1.54) is 30.5 Å². The molecule has 4 nitrogen and oxygen atoms in total. The van der Waals surface area contributed by atoms with Gasteiger partial charge in [0, 0.05) is 24.0 Å². The number of hydrogen-bond donors (Lipinski definition) is 1. The van der Waals surface area contributed by atoms with Crippen LogP contribution in [0.2, 0.25) is 0 Å². The van der Waals surface area contributed by atoms with Crippen LogP contribution in [-0.2, 0) is 0 Å². The number of nitrogens with zero attached hydrogens (tertiary/aromatic N) is 1. The number of carbonyl (C=O) groups is 1. The molecule has 1 aromatic carbocycles. The zero-order valence-electron chi connectivity index (χ0n) is 11.4. The second kappa shape index (κ2) is 5.16. The van der Waals surface area contributed by atoms with Crippen LogP contribution in [0, 0.1) is 5.82 Å². The van der Waals surface area contributed by atoms with Gasteiger partial charge < -0.3 is 10.3 Å². The molecule has 5 heteroatoms. The number of rotatable bonds is 3. The molecule has 108 valence electrons. The Bertz CT molecular complexity index is 746. The van der Waals surface area contributed by atoms with Crippen LogP contribution in [0.1, 0.15) is 35.7 Å².